The highest BCUT2D eigenvalue weighted by atomic mass is 32.1. The largest absolute Gasteiger partial charge is 0.374 e. The first-order chi connectivity index (χ1) is 13.0. The second kappa shape index (κ2) is 9.36. The molecule has 0 amide bonds. The van der Waals surface area contributed by atoms with Gasteiger partial charge in [-0.2, -0.15) is 0 Å². The number of hydrogen-bond acceptors (Lipinski definition) is 3. The average molecular weight is 386 g/mol. The van der Waals surface area contributed by atoms with Gasteiger partial charge in [0.1, 0.15) is 0 Å². The smallest absolute Gasteiger partial charge is 0.0610 e. The summed E-state index contributed by atoms with van der Waals surface area (Å²) < 4.78 is 6.53. The molecule has 1 N–H and O–H groups in total. The number of rotatable bonds is 8. The van der Waals surface area contributed by atoms with Crippen LogP contribution in [0, 0.1) is 11.8 Å². The van der Waals surface area contributed by atoms with Crippen molar-refractivity contribution in [3.63, 3.8) is 0 Å². The van der Waals surface area contributed by atoms with E-state index >= 15 is 0 Å². The molecule has 0 aliphatic carbocycles. The normalized spacial score (nSPS) is 26.0. The zero-order chi connectivity index (χ0) is 19.3. The van der Waals surface area contributed by atoms with E-state index in [0.717, 1.165) is 32.4 Å². The van der Waals surface area contributed by atoms with Crippen LogP contribution in [-0.4, -0.2) is 18.8 Å². The topological polar surface area (TPSA) is 21.3 Å². The fourth-order valence-corrected chi connectivity index (χ4v) is 4.96. The standard InChI is InChI=1S/C24H35NOS/c1-18(2)22-15-24(16-23(26-22)19(3)4,20-9-6-5-7-10-20)12-13-25-17-21-11-8-14-27-21/h5-11,14,18-19,22-23,25H,12-13,15-17H2,1-4H3. The first kappa shape index (κ1) is 20.6. The third-order valence-electron chi connectivity index (χ3n) is 6.07. The van der Waals surface area contributed by atoms with Gasteiger partial charge in [0.15, 0.2) is 0 Å². The van der Waals surface area contributed by atoms with E-state index < -0.39 is 0 Å². The summed E-state index contributed by atoms with van der Waals surface area (Å²) in [6.07, 6.45) is 4.09. The molecule has 3 heteroatoms. The number of hydrogen-bond donors (Lipinski definition) is 1. The molecule has 1 fully saturated rings. The van der Waals surface area contributed by atoms with E-state index in [1.165, 1.54) is 10.4 Å². The van der Waals surface area contributed by atoms with Gasteiger partial charge in [0, 0.05) is 16.8 Å². The van der Waals surface area contributed by atoms with Crippen molar-refractivity contribution in [1.82, 2.24) is 5.32 Å². The first-order valence-corrected chi connectivity index (χ1v) is 11.3. The third-order valence-corrected chi connectivity index (χ3v) is 6.94. The Labute approximate surface area is 169 Å². The van der Waals surface area contributed by atoms with E-state index in [0.29, 0.717) is 24.0 Å². The zero-order valence-electron chi connectivity index (χ0n) is 17.3. The maximum Gasteiger partial charge on any atom is 0.0610 e. The van der Waals surface area contributed by atoms with E-state index in [4.69, 9.17) is 4.74 Å². The molecule has 2 nitrogen and oxygen atoms in total. The summed E-state index contributed by atoms with van der Waals surface area (Å²) in [7, 11) is 0. The second-order valence-electron chi connectivity index (χ2n) is 8.76. The van der Waals surface area contributed by atoms with Crippen LogP contribution >= 0.6 is 11.3 Å². The van der Waals surface area contributed by atoms with Crippen molar-refractivity contribution in [1.29, 1.82) is 0 Å². The summed E-state index contributed by atoms with van der Waals surface area (Å²) in [6, 6.07) is 15.5. The molecule has 0 spiro atoms. The van der Waals surface area contributed by atoms with Crippen molar-refractivity contribution in [3.05, 3.63) is 58.3 Å². The van der Waals surface area contributed by atoms with Gasteiger partial charge in [-0.1, -0.05) is 64.1 Å². The summed E-state index contributed by atoms with van der Waals surface area (Å²) in [6.45, 7) is 11.2. The Morgan fingerprint density at radius 1 is 1.00 bits per heavy atom. The Balaban J connectivity index is 1.78. The molecule has 2 aromatic rings. The van der Waals surface area contributed by atoms with Crippen LogP contribution in [-0.2, 0) is 16.7 Å². The van der Waals surface area contributed by atoms with E-state index in [-0.39, 0.29) is 5.41 Å². The highest BCUT2D eigenvalue weighted by Crippen LogP contribution is 2.45. The lowest BCUT2D eigenvalue weighted by Gasteiger charge is -2.48. The predicted molar refractivity (Wildman–Crippen MR) is 116 cm³/mol. The van der Waals surface area contributed by atoms with Crippen molar-refractivity contribution in [2.75, 3.05) is 6.54 Å². The highest BCUT2D eigenvalue weighted by molar-refractivity contribution is 7.09. The van der Waals surface area contributed by atoms with Crippen LogP contribution in [0.1, 0.15) is 57.4 Å². The van der Waals surface area contributed by atoms with E-state index in [9.17, 15) is 0 Å². The Bertz CT molecular complexity index is 649. The molecule has 1 aromatic heterocycles. The molecule has 0 radical (unpaired) electrons. The van der Waals surface area contributed by atoms with Crippen molar-refractivity contribution in [3.8, 4) is 0 Å². The maximum absolute atomic E-state index is 6.53. The minimum Gasteiger partial charge on any atom is -0.374 e. The van der Waals surface area contributed by atoms with Gasteiger partial charge in [0.25, 0.3) is 0 Å². The quantitative estimate of drug-likeness (QED) is 0.561. The minimum absolute atomic E-state index is 0.200. The van der Waals surface area contributed by atoms with Gasteiger partial charge in [-0.15, -0.1) is 11.3 Å². The monoisotopic (exact) mass is 385 g/mol. The summed E-state index contributed by atoms with van der Waals surface area (Å²) in [5, 5.41) is 5.84. The molecule has 1 saturated heterocycles. The molecular weight excluding hydrogens is 350 g/mol. The first-order valence-electron chi connectivity index (χ1n) is 10.4. The number of benzene rings is 1. The van der Waals surface area contributed by atoms with Crippen LogP contribution in [0.25, 0.3) is 0 Å². The van der Waals surface area contributed by atoms with Crippen LogP contribution in [0.3, 0.4) is 0 Å². The van der Waals surface area contributed by atoms with Crippen LogP contribution in [0.5, 0.6) is 0 Å². The molecule has 3 rings (SSSR count). The lowest BCUT2D eigenvalue weighted by Crippen LogP contribution is -2.48. The summed E-state index contributed by atoms with van der Waals surface area (Å²) in [5.41, 5.74) is 1.69. The van der Waals surface area contributed by atoms with E-state index in [1.807, 2.05) is 11.3 Å². The van der Waals surface area contributed by atoms with Gasteiger partial charge in [0.2, 0.25) is 0 Å². The number of ether oxygens (including phenoxy) is 1. The fourth-order valence-electron chi connectivity index (χ4n) is 4.29. The molecule has 2 atom stereocenters. The highest BCUT2D eigenvalue weighted by Gasteiger charge is 2.43. The number of thiophene rings is 1. The zero-order valence-corrected chi connectivity index (χ0v) is 18.1. The molecule has 1 aromatic carbocycles. The molecule has 27 heavy (non-hydrogen) atoms. The van der Waals surface area contributed by atoms with Crippen molar-refractivity contribution < 1.29 is 4.74 Å². The Morgan fingerprint density at radius 3 is 2.22 bits per heavy atom. The molecule has 0 saturated carbocycles. The molecular formula is C24H35NOS. The SMILES string of the molecule is CC(C)C1CC(CCNCc2cccs2)(c2ccccc2)CC(C(C)C)O1. The molecule has 1 aliphatic heterocycles. The van der Waals surface area contributed by atoms with Gasteiger partial charge in [-0.25, -0.2) is 0 Å². The van der Waals surface area contributed by atoms with E-state index in [1.54, 1.807) is 0 Å². The lowest BCUT2D eigenvalue weighted by molar-refractivity contribution is -0.118. The maximum atomic E-state index is 6.53. The molecule has 0 bridgehead atoms. The second-order valence-corrected chi connectivity index (χ2v) is 9.79. The fraction of sp³-hybridized carbons (Fsp3) is 0.583. The van der Waals surface area contributed by atoms with Gasteiger partial charge >= 0.3 is 0 Å². The van der Waals surface area contributed by atoms with Crippen LogP contribution in [0.15, 0.2) is 47.8 Å². The summed E-state index contributed by atoms with van der Waals surface area (Å²) in [5.74, 6) is 1.10. The lowest BCUT2D eigenvalue weighted by atomic mass is 9.66. The van der Waals surface area contributed by atoms with Gasteiger partial charge in [-0.3, -0.25) is 0 Å². The van der Waals surface area contributed by atoms with Gasteiger partial charge in [0.05, 0.1) is 12.2 Å². The Morgan fingerprint density at radius 2 is 1.67 bits per heavy atom. The molecule has 2 unspecified atom stereocenters. The summed E-state index contributed by atoms with van der Waals surface area (Å²) in [4.78, 5) is 1.41. The minimum atomic E-state index is 0.200. The van der Waals surface area contributed by atoms with Crippen LogP contribution in [0.4, 0.5) is 0 Å². The summed E-state index contributed by atoms with van der Waals surface area (Å²) >= 11 is 1.83. The van der Waals surface area contributed by atoms with Gasteiger partial charge < -0.3 is 10.1 Å². The molecule has 2 heterocycles. The van der Waals surface area contributed by atoms with Crippen LogP contribution < -0.4 is 5.32 Å². The molecule has 1 aliphatic rings. The van der Waals surface area contributed by atoms with Crippen LogP contribution in [0.2, 0.25) is 0 Å². The molecule has 148 valence electrons. The van der Waals surface area contributed by atoms with Crippen molar-refractivity contribution in [2.45, 2.75) is 71.1 Å². The number of nitrogens with one attached hydrogen (secondary N) is 1. The van der Waals surface area contributed by atoms with E-state index in [2.05, 4.69) is 80.9 Å². The van der Waals surface area contributed by atoms with Gasteiger partial charge in [-0.05, 0) is 54.7 Å². The average Bonchev–Trinajstić information content (AvgIpc) is 3.19. The van der Waals surface area contributed by atoms with Crippen molar-refractivity contribution in [2.24, 2.45) is 11.8 Å². The predicted octanol–water partition coefficient (Wildman–Crippen LogP) is 6.03. The van der Waals surface area contributed by atoms with Crippen molar-refractivity contribution >= 4 is 11.3 Å². The third kappa shape index (κ3) is 5.22. The Hall–Kier alpha value is -1.16. The Kier molecular flexibility index (Phi) is 7.13.